The average molecular weight is 309 g/mol. The van der Waals surface area contributed by atoms with Crippen LogP contribution in [0.3, 0.4) is 0 Å². The Morgan fingerprint density at radius 1 is 1.10 bits per heavy atom. The molecule has 0 aliphatic carbocycles. The van der Waals surface area contributed by atoms with Gasteiger partial charge in [-0.1, -0.05) is 23.7 Å². The van der Waals surface area contributed by atoms with E-state index in [4.69, 9.17) is 11.6 Å². The zero-order valence-electron chi connectivity index (χ0n) is 11.2. The summed E-state index contributed by atoms with van der Waals surface area (Å²) in [5.41, 5.74) is 0.826. The zero-order chi connectivity index (χ0) is 14.8. The maximum absolute atomic E-state index is 13.8. The topological polar surface area (TPSA) is 52.2 Å². The van der Waals surface area contributed by atoms with Gasteiger partial charge in [-0.25, -0.2) is 9.49 Å². The van der Waals surface area contributed by atoms with Gasteiger partial charge in [-0.3, -0.25) is 4.79 Å². The molecule has 1 aromatic heterocycles. The molecule has 1 saturated heterocycles. The lowest BCUT2D eigenvalue weighted by molar-refractivity contribution is 0.597. The van der Waals surface area contributed by atoms with Gasteiger partial charge >= 0.3 is 0 Å². The van der Waals surface area contributed by atoms with Crippen LogP contribution in [0.15, 0.2) is 35.3 Å². The van der Waals surface area contributed by atoms with Crippen LogP contribution in [0.2, 0.25) is 5.02 Å². The first kappa shape index (κ1) is 13.9. The van der Waals surface area contributed by atoms with Gasteiger partial charge in [0.1, 0.15) is 10.8 Å². The van der Waals surface area contributed by atoms with E-state index < -0.39 is 5.56 Å². The molecule has 110 valence electrons. The van der Waals surface area contributed by atoms with Crippen molar-refractivity contribution in [2.45, 2.75) is 0 Å². The van der Waals surface area contributed by atoms with Crippen molar-refractivity contribution in [1.29, 1.82) is 0 Å². The van der Waals surface area contributed by atoms with Crippen molar-refractivity contribution >= 4 is 23.0 Å². The summed E-state index contributed by atoms with van der Waals surface area (Å²) in [6.07, 6.45) is 1.54. The molecule has 2 heterocycles. The maximum atomic E-state index is 13.8. The molecule has 3 rings (SSSR count). The summed E-state index contributed by atoms with van der Waals surface area (Å²) >= 11 is 6.01. The number of anilines is 2. The van der Waals surface area contributed by atoms with Crippen molar-refractivity contribution in [2.75, 3.05) is 36.0 Å². The Kier molecular flexibility index (Phi) is 3.79. The predicted octanol–water partition coefficient (Wildman–Crippen LogP) is 1.89. The standard InChI is InChI=1S/C14H14ClFN4O/c15-13-12(9-17-18-14(13)21)20-7-5-19(6-8-20)11-4-2-1-3-10(11)16/h1-4,9H,5-8H2,(H,18,21). The van der Waals surface area contributed by atoms with E-state index in [0.29, 0.717) is 37.6 Å². The van der Waals surface area contributed by atoms with Gasteiger partial charge in [-0.2, -0.15) is 5.10 Å². The molecule has 0 saturated carbocycles. The van der Waals surface area contributed by atoms with Crippen LogP contribution >= 0.6 is 11.6 Å². The highest BCUT2D eigenvalue weighted by Crippen LogP contribution is 2.25. The molecule has 2 aromatic rings. The Bertz CT molecular complexity index is 697. The predicted molar refractivity (Wildman–Crippen MR) is 80.7 cm³/mol. The van der Waals surface area contributed by atoms with Crippen molar-refractivity contribution in [3.8, 4) is 0 Å². The van der Waals surface area contributed by atoms with Crippen LogP contribution in [-0.4, -0.2) is 36.4 Å². The Morgan fingerprint density at radius 3 is 2.38 bits per heavy atom. The summed E-state index contributed by atoms with van der Waals surface area (Å²) in [7, 11) is 0. The minimum absolute atomic E-state index is 0.143. The van der Waals surface area contributed by atoms with E-state index in [2.05, 4.69) is 10.2 Å². The SMILES string of the molecule is O=c1[nH]ncc(N2CCN(c3ccccc3F)CC2)c1Cl. The summed E-state index contributed by atoms with van der Waals surface area (Å²) in [5, 5.41) is 6.21. The summed E-state index contributed by atoms with van der Waals surface area (Å²) in [6.45, 7) is 2.62. The minimum atomic E-state index is -0.397. The number of hydrogen-bond acceptors (Lipinski definition) is 4. The van der Waals surface area contributed by atoms with E-state index in [0.717, 1.165) is 0 Å². The Labute approximate surface area is 126 Å². The third kappa shape index (κ3) is 2.71. The van der Waals surface area contributed by atoms with Gasteiger partial charge in [0.15, 0.2) is 0 Å². The molecular formula is C14H14ClFN4O. The smallest absolute Gasteiger partial charge is 0.285 e. The first-order valence-corrected chi connectivity index (χ1v) is 7.02. The van der Waals surface area contributed by atoms with Crippen LogP contribution in [0.5, 0.6) is 0 Å². The first-order valence-electron chi connectivity index (χ1n) is 6.64. The summed E-state index contributed by atoms with van der Waals surface area (Å²) in [4.78, 5) is 15.5. The molecule has 0 atom stereocenters. The number of hydrogen-bond donors (Lipinski definition) is 1. The number of nitrogens with one attached hydrogen (secondary N) is 1. The highest BCUT2D eigenvalue weighted by atomic mass is 35.5. The van der Waals surface area contributed by atoms with Crippen LogP contribution in [0, 0.1) is 5.82 Å². The highest BCUT2D eigenvalue weighted by Gasteiger charge is 2.21. The summed E-state index contributed by atoms with van der Waals surface area (Å²) < 4.78 is 13.8. The maximum Gasteiger partial charge on any atom is 0.285 e. The Morgan fingerprint density at radius 2 is 1.71 bits per heavy atom. The molecule has 21 heavy (non-hydrogen) atoms. The second kappa shape index (κ2) is 5.73. The van der Waals surface area contributed by atoms with E-state index >= 15 is 0 Å². The van der Waals surface area contributed by atoms with Gasteiger partial charge in [0, 0.05) is 26.2 Å². The van der Waals surface area contributed by atoms with Crippen LogP contribution in [0.4, 0.5) is 15.8 Å². The molecule has 0 unspecified atom stereocenters. The minimum Gasteiger partial charge on any atom is -0.366 e. The molecule has 0 radical (unpaired) electrons. The van der Waals surface area contributed by atoms with E-state index in [-0.39, 0.29) is 10.8 Å². The molecule has 0 spiro atoms. The monoisotopic (exact) mass is 308 g/mol. The molecule has 1 aromatic carbocycles. The van der Waals surface area contributed by atoms with Crippen molar-refractivity contribution in [3.63, 3.8) is 0 Å². The van der Waals surface area contributed by atoms with Crippen LogP contribution < -0.4 is 15.4 Å². The number of aromatic amines is 1. The van der Waals surface area contributed by atoms with Crippen molar-refractivity contribution in [3.05, 3.63) is 51.7 Å². The van der Waals surface area contributed by atoms with Gasteiger partial charge in [0.25, 0.3) is 5.56 Å². The highest BCUT2D eigenvalue weighted by molar-refractivity contribution is 6.33. The molecule has 1 aliphatic heterocycles. The number of aromatic nitrogens is 2. The fraction of sp³-hybridized carbons (Fsp3) is 0.286. The Balaban J connectivity index is 1.75. The van der Waals surface area contributed by atoms with E-state index in [1.807, 2.05) is 15.9 Å². The second-order valence-electron chi connectivity index (χ2n) is 4.82. The van der Waals surface area contributed by atoms with Crippen molar-refractivity contribution in [1.82, 2.24) is 10.2 Å². The van der Waals surface area contributed by atoms with Crippen LogP contribution in [0.1, 0.15) is 0 Å². The van der Waals surface area contributed by atoms with Crippen LogP contribution in [0.25, 0.3) is 0 Å². The largest absolute Gasteiger partial charge is 0.366 e. The molecule has 1 fully saturated rings. The Hall–Kier alpha value is -2.08. The molecular weight excluding hydrogens is 295 g/mol. The molecule has 0 amide bonds. The fourth-order valence-corrected chi connectivity index (χ4v) is 2.70. The lowest BCUT2D eigenvalue weighted by Crippen LogP contribution is -2.47. The van der Waals surface area contributed by atoms with Gasteiger partial charge < -0.3 is 9.80 Å². The first-order chi connectivity index (χ1) is 10.2. The number of halogens is 2. The molecule has 5 nitrogen and oxygen atoms in total. The molecule has 1 aliphatic rings. The number of piperazine rings is 1. The van der Waals surface area contributed by atoms with Crippen molar-refractivity contribution < 1.29 is 4.39 Å². The number of benzene rings is 1. The van der Waals surface area contributed by atoms with Gasteiger partial charge in [-0.15, -0.1) is 0 Å². The average Bonchev–Trinajstić information content (AvgIpc) is 2.51. The van der Waals surface area contributed by atoms with Gasteiger partial charge in [0.05, 0.1) is 17.6 Å². The number of nitrogens with zero attached hydrogens (tertiary/aromatic N) is 3. The van der Waals surface area contributed by atoms with Gasteiger partial charge in [0.2, 0.25) is 0 Å². The molecule has 0 bridgehead atoms. The third-order valence-corrected chi connectivity index (χ3v) is 3.96. The van der Waals surface area contributed by atoms with E-state index in [1.165, 1.54) is 6.07 Å². The number of para-hydroxylation sites is 1. The second-order valence-corrected chi connectivity index (χ2v) is 5.20. The van der Waals surface area contributed by atoms with Crippen LogP contribution in [-0.2, 0) is 0 Å². The number of rotatable bonds is 2. The summed E-state index contributed by atoms with van der Waals surface area (Å²) in [5.74, 6) is -0.221. The summed E-state index contributed by atoms with van der Waals surface area (Å²) in [6, 6.07) is 6.73. The molecule has 1 N–H and O–H groups in total. The molecule has 7 heteroatoms. The quantitative estimate of drug-likeness (QED) is 0.920. The van der Waals surface area contributed by atoms with E-state index in [9.17, 15) is 9.18 Å². The van der Waals surface area contributed by atoms with Gasteiger partial charge in [-0.05, 0) is 12.1 Å². The lowest BCUT2D eigenvalue weighted by Gasteiger charge is -2.37. The normalized spacial score (nSPS) is 15.3. The number of H-pyrrole nitrogens is 1. The third-order valence-electron chi connectivity index (χ3n) is 3.59. The zero-order valence-corrected chi connectivity index (χ0v) is 12.0. The van der Waals surface area contributed by atoms with E-state index in [1.54, 1.807) is 18.3 Å². The fourth-order valence-electron chi connectivity index (χ4n) is 2.49. The lowest BCUT2D eigenvalue weighted by atomic mass is 10.2. The van der Waals surface area contributed by atoms with Crippen molar-refractivity contribution in [2.24, 2.45) is 0 Å².